The highest BCUT2D eigenvalue weighted by Gasteiger charge is 2.51. The van der Waals surface area contributed by atoms with Crippen LogP contribution in [0.25, 0.3) is 5.57 Å². The number of amides is 1. The molecule has 0 aromatic heterocycles. The van der Waals surface area contributed by atoms with Crippen LogP contribution in [0.3, 0.4) is 0 Å². The van der Waals surface area contributed by atoms with Gasteiger partial charge in [0.2, 0.25) is 0 Å². The number of benzene rings is 3. The SMILES string of the molecule is Cc1ccccc1C1=CC(CO[Si](c2ccccc2)(c2ccccc2)C(C)(C)C)N(C(=O)OC(C)(C)C)C1. The Morgan fingerprint density at radius 3 is 1.87 bits per heavy atom. The van der Waals surface area contributed by atoms with E-state index in [1.807, 2.05) is 37.8 Å². The van der Waals surface area contributed by atoms with E-state index in [2.05, 4.69) is 107 Å². The van der Waals surface area contributed by atoms with E-state index >= 15 is 0 Å². The quantitative estimate of drug-likeness (QED) is 0.340. The number of hydrogen-bond acceptors (Lipinski definition) is 3. The predicted molar refractivity (Wildman–Crippen MR) is 159 cm³/mol. The van der Waals surface area contributed by atoms with E-state index in [1.165, 1.54) is 15.9 Å². The predicted octanol–water partition coefficient (Wildman–Crippen LogP) is 6.57. The second-order valence-corrected chi connectivity index (χ2v) is 16.5. The summed E-state index contributed by atoms with van der Waals surface area (Å²) in [5, 5.41) is 2.31. The molecule has 4 nitrogen and oxygen atoms in total. The Morgan fingerprint density at radius 1 is 0.842 bits per heavy atom. The molecule has 0 radical (unpaired) electrons. The van der Waals surface area contributed by atoms with Crippen LogP contribution in [0.5, 0.6) is 0 Å². The third kappa shape index (κ3) is 5.79. The van der Waals surface area contributed by atoms with Crippen LogP contribution in [0.1, 0.15) is 52.7 Å². The number of hydrogen-bond donors (Lipinski definition) is 0. The van der Waals surface area contributed by atoms with Crippen molar-refractivity contribution in [3.05, 3.63) is 102 Å². The molecule has 38 heavy (non-hydrogen) atoms. The maximum atomic E-state index is 13.4. The maximum Gasteiger partial charge on any atom is 0.411 e. The number of carbonyl (C=O) groups is 1. The van der Waals surface area contributed by atoms with Crippen molar-refractivity contribution < 1.29 is 14.0 Å². The summed E-state index contributed by atoms with van der Waals surface area (Å²) in [4.78, 5) is 15.2. The van der Waals surface area contributed by atoms with E-state index in [9.17, 15) is 4.79 Å². The lowest BCUT2D eigenvalue weighted by Gasteiger charge is -2.44. The van der Waals surface area contributed by atoms with Gasteiger partial charge in [-0.05, 0) is 59.8 Å². The highest BCUT2D eigenvalue weighted by molar-refractivity contribution is 6.99. The number of rotatable bonds is 6. The standard InChI is InChI=1S/C33H41NO3Si/c1-25-16-14-15-21-30(25)26-22-27(34(23-26)31(35)37-32(2,3)4)24-36-38(33(5,6)7,28-17-10-8-11-18-28)29-19-12-9-13-20-29/h8-22,27H,23-24H2,1-7H3. The first-order valence-corrected chi connectivity index (χ1v) is 15.3. The number of carbonyl (C=O) groups excluding carboxylic acids is 1. The van der Waals surface area contributed by atoms with Gasteiger partial charge in [0.15, 0.2) is 0 Å². The monoisotopic (exact) mass is 527 g/mol. The summed E-state index contributed by atoms with van der Waals surface area (Å²) in [6, 6.07) is 29.3. The fourth-order valence-corrected chi connectivity index (χ4v) is 9.99. The van der Waals surface area contributed by atoms with E-state index < -0.39 is 13.9 Å². The molecule has 0 aliphatic carbocycles. The van der Waals surface area contributed by atoms with Crippen LogP contribution in [-0.4, -0.2) is 44.1 Å². The number of ether oxygens (including phenoxy) is 1. The van der Waals surface area contributed by atoms with Crippen molar-refractivity contribution >= 4 is 30.4 Å². The van der Waals surface area contributed by atoms with Crippen LogP contribution in [-0.2, 0) is 9.16 Å². The van der Waals surface area contributed by atoms with Crippen molar-refractivity contribution in [3.63, 3.8) is 0 Å². The summed E-state index contributed by atoms with van der Waals surface area (Å²) in [5.74, 6) is 0. The molecule has 0 saturated heterocycles. The van der Waals surface area contributed by atoms with Gasteiger partial charge in [0, 0.05) is 0 Å². The molecule has 0 spiro atoms. The third-order valence-electron chi connectivity index (χ3n) is 7.14. The second kappa shape index (κ2) is 10.9. The largest absolute Gasteiger partial charge is 0.444 e. The van der Waals surface area contributed by atoms with E-state index in [0.29, 0.717) is 13.2 Å². The lowest BCUT2D eigenvalue weighted by Crippen LogP contribution is -2.67. The molecule has 5 heteroatoms. The third-order valence-corrected chi connectivity index (χ3v) is 12.1. The van der Waals surface area contributed by atoms with Gasteiger partial charge in [0.05, 0.1) is 19.2 Å². The van der Waals surface area contributed by atoms with Crippen molar-refractivity contribution in [2.24, 2.45) is 0 Å². The van der Waals surface area contributed by atoms with Gasteiger partial charge < -0.3 is 9.16 Å². The second-order valence-electron chi connectivity index (χ2n) is 12.2. The smallest absolute Gasteiger partial charge is 0.411 e. The zero-order valence-electron chi connectivity index (χ0n) is 23.8. The molecular weight excluding hydrogens is 486 g/mol. The summed E-state index contributed by atoms with van der Waals surface area (Å²) in [5.41, 5.74) is 2.90. The lowest BCUT2D eigenvalue weighted by atomic mass is 10.0. The summed E-state index contributed by atoms with van der Waals surface area (Å²) in [7, 11) is -2.75. The first-order chi connectivity index (χ1) is 17.9. The first kappa shape index (κ1) is 27.9. The fourth-order valence-electron chi connectivity index (χ4n) is 5.41. The van der Waals surface area contributed by atoms with Crippen molar-refractivity contribution in [2.45, 2.75) is 65.1 Å². The average Bonchev–Trinajstić information content (AvgIpc) is 3.28. The summed E-state index contributed by atoms with van der Waals surface area (Å²) in [6.07, 6.45) is 1.89. The minimum atomic E-state index is -2.75. The Labute approximate surface area is 229 Å². The number of aryl methyl sites for hydroxylation is 1. The van der Waals surface area contributed by atoms with Crippen LogP contribution in [0.15, 0.2) is 91.0 Å². The van der Waals surface area contributed by atoms with Crippen LogP contribution >= 0.6 is 0 Å². The van der Waals surface area contributed by atoms with Gasteiger partial charge in [0.1, 0.15) is 5.60 Å². The molecule has 1 heterocycles. The van der Waals surface area contributed by atoms with Gasteiger partial charge in [0.25, 0.3) is 8.32 Å². The Hall–Kier alpha value is -3.15. The molecular formula is C33H41NO3Si. The van der Waals surface area contributed by atoms with Crippen molar-refractivity contribution in [1.82, 2.24) is 4.90 Å². The van der Waals surface area contributed by atoms with Gasteiger partial charge in [-0.1, -0.05) is 112 Å². The molecule has 3 aromatic rings. The molecule has 1 aliphatic heterocycles. The Morgan fingerprint density at radius 2 is 1.37 bits per heavy atom. The first-order valence-electron chi connectivity index (χ1n) is 13.4. The zero-order valence-corrected chi connectivity index (χ0v) is 24.8. The van der Waals surface area contributed by atoms with E-state index in [0.717, 1.165) is 11.1 Å². The summed E-state index contributed by atoms with van der Waals surface area (Å²) >= 11 is 0. The highest BCUT2D eigenvalue weighted by Crippen LogP contribution is 2.38. The molecule has 1 amide bonds. The maximum absolute atomic E-state index is 13.4. The van der Waals surface area contributed by atoms with E-state index in [-0.39, 0.29) is 17.2 Å². The van der Waals surface area contributed by atoms with E-state index in [1.54, 1.807) is 0 Å². The molecule has 1 aliphatic rings. The highest BCUT2D eigenvalue weighted by atomic mass is 28.4. The Kier molecular flexibility index (Phi) is 8.00. The van der Waals surface area contributed by atoms with Crippen molar-refractivity contribution in [3.8, 4) is 0 Å². The molecule has 200 valence electrons. The van der Waals surface area contributed by atoms with Crippen LogP contribution in [0, 0.1) is 6.92 Å². The normalized spacial score (nSPS) is 16.3. The molecule has 0 bridgehead atoms. The molecule has 0 N–H and O–H groups in total. The van der Waals surface area contributed by atoms with Crippen molar-refractivity contribution in [2.75, 3.05) is 13.2 Å². The zero-order chi connectivity index (χ0) is 27.6. The van der Waals surface area contributed by atoms with Crippen LogP contribution in [0.4, 0.5) is 4.79 Å². The van der Waals surface area contributed by atoms with Gasteiger partial charge in [-0.3, -0.25) is 4.90 Å². The Bertz CT molecular complexity index is 1230. The van der Waals surface area contributed by atoms with Gasteiger partial charge in [-0.2, -0.15) is 0 Å². The van der Waals surface area contributed by atoms with Gasteiger partial charge >= 0.3 is 6.09 Å². The number of nitrogens with zero attached hydrogens (tertiary/aromatic N) is 1. The molecule has 1 unspecified atom stereocenters. The fraction of sp³-hybridized carbons (Fsp3) is 0.364. The van der Waals surface area contributed by atoms with Gasteiger partial charge in [-0.15, -0.1) is 0 Å². The minimum absolute atomic E-state index is 0.145. The summed E-state index contributed by atoms with van der Waals surface area (Å²) in [6.45, 7) is 15.5. The summed E-state index contributed by atoms with van der Waals surface area (Å²) < 4.78 is 13.1. The van der Waals surface area contributed by atoms with E-state index in [4.69, 9.17) is 9.16 Å². The molecule has 0 saturated carbocycles. The molecule has 1 atom stereocenters. The molecule has 3 aromatic carbocycles. The van der Waals surface area contributed by atoms with Crippen molar-refractivity contribution in [1.29, 1.82) is 0 Å². The topological polar surface area (TPSA) is 38.8 Å². The molecule has 0 fully saturated rings. The van der Waals surface area contributed by atoms with Crippen LogP contribution in [0.2, 0.25) is 5.04 Å². The molecule has 4 rings (SSSR count). The lowest BCUT2D eigenvalue weighted by molar-refractivity contribution is 0.0207. The minimum Gasteiger partial charge on any atom is -0.444 e. The average molecular weight is 528 g/mol. The van der Waals surface area contributed by atoms with Gasteiger partial charge in [-0.25, -0.2) is 4.79 Å². The van der Waals surface area contributed by atoms with Crippen LogP contribution < -0.4 is 10.4 Å². The Balaban J connectivity index is 1.76.